The molecule has 0 aliphatic carbocycles. The quantitative estimate of drug-likeness (QED) is 0.398. The minimum absolute atomic E-state index is 0.201. The van der Waals surface area contributed by atoms with E-state index in [1.54, 1.807) is 25.1 Å². The number of nitrogens with zero attached hydrogens (tertiary/aromatic N) is 1. The van der Waals surface area contributed by atoms with Gasteiger partial charge < -0.3 is 19.1 Å². The standard InChI is InChI=1S/C20H18FNO4.C3H8.C2H6/c1-14(11-23)12-24-17-6-2-15(3-7-17)20-10-19(26-22-20)13-25-18-8-4-16(21)5-9-18;1-3-2;1-2/h2-11,23H,12-13H2,1H3;3H2,1-2H3;1-2H3/b14-11+;;. The molecule has 31 heavy (non-hydrogen) atoms. The maximum Gasteiger partial charge on any atom is 0.174 e. The topological polar surface area (TPSA) is 64.7 Å². The zero-order valence-electron chi connectivity index (χ0n) is 18.9. The number of hydrogen-bond donors (Lipinski definition) is 1. The van der Waals surface area contributed by atoms with Gasteiger partial charge >= 0.3 is 0 Å². The number of ether oxygens (including phenoxy) is 2. The molecule has 3 rings (SSSR count). The van der Waals surface area contributed by atoms with E-state index in [0.29, 0.717) is 29.6 Å². The fourth-order valence-electron chi connectivity index (χ4n) is 2.16. The zero-order chi connectivity index (χ0) is 23.1. The van der Waals surface area contributed by atoms with E-state index >= 15 is 0 Å². The minimum atomic E-state index is -0.311. The second-order valence-corrected chi connectivity index (χ2v) is 6.42. The van der Waals surface area contributed by atoms with Crippen LogP contribution in [0.4, 0.5) is 4.39 Å². The Balaban J connectivity index is 0.000000884. The van der Waals surface area contributed by atoms with Gasteiger partial charge in [-0.25, -0.2) is 4.39 Å². The average Bonchev–Trinajstić information content (AvgIpc) is 3.28. The summed E-state index contributed by atoms with van der Waals surface area (Å²) in [5.74, 6) is 1.50. The predicted molar refractivity (Wildman–Crippen MR) is 122 cm³/mol. The maximum absolute atomic E-state index is 12.9. The third-order valence-electron chi connectivity index (χ3n) is 3.59. The van der Waals surface area contributed by atoms with E-state index < -0.39 is 0 Å². The molecular weight excluding hydrogens is 397 g/mol. The van der Waals surface area contributed by atoms with Crippen molar-refractivity contribution in [2.75, 3.05) is 6.61 Å². The molecule has 0 aliphatic rings. The van der Waals surface area contributed by atoms with Crippen LogP contribution >= 0.6 is 0 Å². The molecule has 2 aromatic carbocycles. The molecule has 0 saturated carbocycles. The third kappa shape index (κ3) is 9.38. The lowest BCUT2D eigenvalue weighted by molar-refractivity contribution is 0.249. The fourth-order valence-corrected chi connectivity index (χ4v) is 2.16. The summed E-state index contributed by atoms with van der Waals surface area (Å²) in [6.45, 7) is 10.6. The van der Waals surface area contributed by atoms with E-state index in [-0.39, 0.29) is 12.4 Å². The molecule has 5 nitrogen and oxygen atoms in total. The Labute approximate surface area is 184 Å². The maximum atomic E-state index is 12.9. The van der Waals surface area contributed by atoms with E-state index in [4.69, 9.17) is 19.1 Å². The largest absolute Gasteiger partial charge is 0.516 e. The van der Waals surface area contributed by atoms with Crippen LogP contribution in [0.3, 0.4) is 0 Å². The Morgan fingerprint density at radius 2 is 1.55 bits per heavy atom. The Hall–Kier alpha value is -3.28. The molecule has 0 bridgehead atoms. The van der Waals surface area contributed by atoms with Gasteiger partial charge in [0.1, 0.15) is 36.2 Å². The van der Waals surface area contributed by atoms with Crippen molar-refractivity contribution in [2.24, 2.45) is 0 Å². The fraction of sp³-hybridized carbons (Fsp3) is 0.320. The lowest BCUT2D eigenvalue weighted by Gasteiger charge is -2.06. The van der Waals surface area contributed by atoms with E-state index in [2.05, 4.69) is 19.0 Å². The highest BCUT2D eigenvalue weighted by atomic mass is 19.1. The Kier molecular flexibility index (Phi) is 12.2. The SMILES string of the molecule is C/C(=C\O)COc1ccc(-c2cc(COc3ccc(F)cc3)on2)cc1.CC.CCC. The molecule has 0 saturated heterocycles. The van der Waals surface area contributed by atoms with Crippen LogP contribution < -0.4 is 9.47 Å². The molecule has 0 atom stereocenters. The van der Waals surface area contributed by atoms with Crippen molar-refractivity contribution in [2.45, 2.75) is 47.6 Å². The molecule has 0 spiro atoms. The molecule has 6 heteroatoms. The van der Waals surface area contributed by atoms with Crippen LogP contribution in [0.15, 0.2) is 71.0 Å². The molecule has 3 aromatic rings. The molecular formula is C25H32FNO4. The van der Waals surface area contributed by atoms with Gasteiger partial charge in [0, 0.05) is 11.6 Å². The number of benzene rings is 2. The second kappa shape index (κ2) is 14.7. The zero-order valence-corrected chi connectivity index (χ0v) is 18.9. The summed E-state index contributed by atoms with van der Waals surface area (Å²) in [6, 6.07) is 15.0. The highest BCUT2D eigenvalue weighted by molar-refractivity contribution is 5.59. The first-order chi connectivity index (χ1) is 15.0. The molecule has 1 aromatic heterocycles. The molecule has 168 valence electrons. The van der Waals surface area contributed by atoms with Gasteiger partial charge in [0.2, 0.25) is 0 Å². The molecule has 0 fully saturated rings. The van der Waals surface area contributed by atoms with Gasteiger partial charge in [-0.05, 0) is 61.0 Å². The van der Waals surface area contributed by atoms with E-state index in [1.165, 1.54) is 18.6 Å². The number of aliphatic hydroxyl groups is 1. The van der Waals surface area contributed by atoms with Crippen LogP contribution in [0.25, 0.3) is 11.3 Å². The normalized spacial score (nSPS) is 10.3. The van der Waals surface area contributed by atoms with Crippen molar-refractivity contribution in [1.29, 1.82) is 0 Å². The van der Waals surface area contributed by atoms with Gasteiger partial charge in [0.25, 0.3) is 0 Å². The summed E-state index contributed by atoms with van der Waals surface area (Å²) in [5.41, 5.74) is 2.29. The van der Waals surface area contributed by atoms with Crippen molar-refractivity contribution < 1.29 is 23.5 Å². The molecule has 0 aliphatic heterocycles. The van der Waals surface area contributed by atoms with Gasteiger partial charge in [-0.3, -0.25) is 0 Å². The van der Waals surface area contributed by atoms with Crippen molar-refractivity contribution in [3.05, 3.63) is 78.0 Å². The van der Waals surface area contributed by atoms with Crippen LogP contribution in [-0.4, -0.2) is 16.9 Å². The van der Waals surface area contributed by atoms with Crippen LogP contribution in [0, 0.1) is 5.82 Å². The molecule has 0 unspecified atom stereocenters. The predicted octanol–water partition coefficient (Wildman–Crippen LogP) is 7.34. The monoisotopic (exact) mass is 429 g/mol. The highest BCUT2D eigenvalue weighted by Gasteiger charge is 2.08. The van der Waals surface area contributed by atoms with E-state index in [0.717, 1.165) is 17.4 Å². The average molecular weight is 430 g/mol. The Morgan fingerprint density at radius 1 is 1.00 bits per heavy atom. The lowest BCUT2D eigenvalue weighted by atomic mass is 10.1. The summed E-state index contributed by atoms with van der Waals surface area (Å²) in [7, 11) is 0. The Morgan fingerprint density at radius 3 is 2.13 bits per heavy atom. The number of halogens is 1. The van der Waals surface area contributed by atoms with Crippen molar-refractivity contribution in [1.82, 2.24) is 5.16 Å². The first-order valence-corrected chi connectivity index (χ1v) is 10.4. The van der Waals surface area contributed by atoms with Crippen LogP contribution in [-0.2, 0) is 6.61 Å². The summed E-state index contributed by atoms with van der Waals surface area (Å²) in [5, 5.41) is 12.9. The first kappa shape index (κ1) is 25.8. The second-order valence-electron chi connectivity index (χ2n) is 6.42. The number of hydrogen-bond acceptors (Lipinski definition) is 5. The summed E-state index contributed by atoms with van der Waals surface area (Å²) in [4.78, 5) is 0. The van der Waals surface area contributed by atoms with Crippen LogP contribution in [0.5, 0.6) is 11.5 Å². The van der Waals surface area contributed by atoms with Crippen molar-refractivity contribution in [3.8, 4) is 22.8 Å². The number of aromatic nitrogens is 1. The molecule has 0 amide bonds. The van der Waals surface area contributed by atoms with Crippen LogP contribution in [0.1, 0.15) is 46.8 Å². The Bertz CT molecular complexity index is 887. The van der Waals surface area contributed by atoms with Gasteiger partial charge in [0.05, 0.1) is 6.26 Å². The van der Waals surface area contributed by atoms with Crippen LogP contribution in [0.2, 0.25) is 0 Å². The first-order valence-electron chi connectivity index (χ1n) is 10.4. The number of aliphatic hydroxyl groups excluding tert-OH is 1. The van der Waals surface area contributed by atoms with Gasteiger partial charge in [-0.15, -0.1) is 0 Å². The minimum Gasteiger partial charge on any atom is -0.516 e. The lowest BCUT2D eigenvalue weighted by Crippen LogP contribution is -1.98. The highest BCUT2D eigenvalue weighted by Crippen LogP contribution is 2.23. The molecule has 1 heterocycles. The summed E-state index contributed by atoms with van der Waals surface area (Å²) >= 11 is 0. The summed E-state index contributed by atoms with van der Waals surface area (Å²) in [6.07, 6.45) is 2.28. The van der Waals surface area contributed by atoms with Gasteiger partial charge in [-0.1, -0.05) is 39.3 Å². The van der Waals surface area contributed by atoms with E-state index in [9.17, 15) is 4.39 Å². The van der Waals surface area contributed by atoms with E-state index in [1.807, 2.05) is 38.1 Å². The van der Waals surface area contributed by atoms with Gasteiger partial charge in [0.15, 0.2) is 5.76 Å². The van der Waals surface area contributed by atoms with Crippen molar-refractivity contribution in [3.63, 3.8) is 0 Å². The number of rotatable bonds is 7. The van der Waals surface area contributed by atoms with Crippen molar-refractivity contribution >= 4 is 0 Å². The summed E-state index contributed by atoms with van der Waals surface area (Å²) < 4.78 is 29.2. The van der Waals surface area contributed by atoms with Gasteiger partial charge in [-0.2, -0.15) is 0 Å². The molecule has 0 radical (unpaired) electrons. The smallest absolute Gasteiger partial charge is 0.174 e. The molecule has 1 N–H and O–H groups in total. The third-order valence-corrected chi connectivity index (χ3v) is 3.59.